The Bertz CT molecular complexity index is 767. The van der Waals surface area contributed by atoms with E-state index in [9.17, 15) is 9.59 Å². The van der Waals surface area contributed by atoms with Crippen LogP contribution in [0.3, 0.4) is 0 Å². The maximum Gasteiger partial charge on any atom is 0.277 e. The number of Topliss-reactive ketones (excluding diaryl/α,β-unsaturated/α-hetero) is 1. The van der Waals surface area contributed by atoms with Crippen LogP contribution < -0.4 is 5.32 Å². The van der Waals surface area contributed by atoms with E-state index in [1.807, 2.05) is 6.92 Å². The molecule has 1 aromatic heterocycles. The Balaban J connectivity index is 1.50. The summed E-state index contributed by atoms with van der Waals surface area (Å²) < 4.78 is 5.74. The lowest BCUT2D eigenvalue weighted by Gasteiger charge is -2.17. The normalized spacial score (nSPS) is 14.9. The van der Waals surface area contributed by atoms with E-state index in [1.54, 1.807) is 24.3 Å². The van der Waals surface area contributed by atoms with Gasteiger partial charge < -0.3 is 9.73 Å². The topological polar surface area (TPSA) is 85.1 Å². The van der Waals surface area contributed by atoms with Gasteiger partial charge in [-0.1, -0.05) is 37.9 Å². The van der Waals surface area contributed by atoms with Gasteiger partial charge in [-0.25, -0.2) is 0 Å². The van der Waals surface area contributed by atoms with Gasteiger partial charge in [0.05, 0.1) is 5.75 Å². The third-order valence-electron chi connectivity index (χ3n) is 4.67. The molecule has 0 spiro atoms. The first-order valence-electron chi connectivity index (χ1n) is 9.55. The number of aromatic nitrogens is 2. The van der Waals surface area contributed by atoms with Crippen molar-refractivity contribution in [1.82, 2.24) is 10.2 Å². The average Bonchev–Trinajstić information content (AvgIpc) is 3.17. The highest BCUT2D eigenvalue weighted by Gasteiger charge is 2.21. The summed E-state index contributed by atoms with van der Waals surface area (Å²) in [7, 11) is 0. The molecule has 0 bridgehead atoms. The van der Waals surface area contributed by atoms with Gasteiger partial charge in [-0.05, 0) is 43.5 Å². The minimum atomic E-state index is -0.0164. The summed E-state index contributed by atoms with van der Waals surface area (Å²) in [6.45, 7) is 1.96. The van der Waals surface area contributed by atoms with Crippen molar-refractivity contribution in [3.05, 3.63) is 35.7 Å². The minimum Gasteiger partial charge on any atom is -0.416 e. The molecule has 1 N–H and O–H groups in total. The Morgan fingerprint density at radius 1 is 1.15 bits per heavy atom. The fourth-order valence-electron chi connectivity index (χ4n) is 3.19. The molecule has 1 aromatic carbocycles. The van der Waals surface area contributed by atoms with Gasteiger partial charge >= 0.3 is 0 Å². The van der Waals surface area contributed by atoms with Crippen LogP contribution in [0.4, 0.5) is 5.69 Å². The number of carbonyl (C=O) groups excluding carboxylic acids is 2. The summed E-state index contributed by atoms with van der Waals surface area (Å²) in [5, 5.41) is 11.5. The van der Waals surface area contributed by atoms with Crippen molar-refractivity contribution in [2.24, 2.45) is 0 Å². The zero-order valence-corrected chi connectivity index (χ0v) is 16.4. The van der Waals surface area contributed by atoms with Crippen molar-refractivity contribution in [2.45, 2.75) is 63.0 Å². The highest BCUT2D eigenvalue weighted by Crippen LogP contribution is 2.33. The number of benzene rings is 1. The smallest absolute Gasteiger partial charge is 0.277 e. The predicted molar refractivity (Wildman–Crippen MR) is 105 cm³/mol. The van der Waals surface area contributed by atoms with Gasteiger partial charge in [0.15, 0.2) is 5.78 Å². The summed E-state index contributed by atoms with van der Waals surface area (Å²) in [6.07, 6.45) is 7.20. The number of hydrogen-bond acceptors (Lipinski definition) is 6. The molecule has 1 amide bonds. The fourth-order valence-corrected chi connectivity index (χ4v) is 3.86. The molecule has 1 aliphatic carbocycles. The molecule has 1 aliphatic rings. The molecular formula is C20H25N3O3S. The van der Waals surface area contributed by atoms with Crippen molar-refractivity contribution in [1.29, 1.82) is 0 Å². The van der Waals surface area contributed by atoms with Crippen molar-refractivity contribution < 1.29 is 14.0 Å². The van der Waals surface area contributed by atoms with Crippen molar-refractivity contribution in [3.8, 4) is 0 Å². The van der Waals surface area contributed by atoms with Gasteiger partial charge in [-0.15, -0.1) is 10.2 Å². The predicted octanol–water partition coefficient (Wildman–Crippen LogP) is 4.83. The lowest BCUT2D eigenvalue weighted by atomic mass is 9.89. The molecule has 0 saturated heterocycles. The van der Waals surface area contributed by atoms with E-state index in [2.05, 4.69) is 15.5 Å². The molecule has 0 aliphatic heterocycles. The number of hydrogen-bond donors (Lipinski definition) is 1. The monoisotopic (exact) mass is 387 g/mol. The van der Waals surface area contributed by atoms with Crippen molar-refractivity contribution in [2.75, 3.05) is 11.1 Å². The molecule has 1 heterocycles. The minimum absolute atomic E-state index is 0.0103. The number of nitrogens with zero attached hydrogens (tertiary/aromatic N) is 2. The molecule has 0 unspecified atom stereocenters. The fraction of sp³-hybridized carbons (Fsp3) is 0.500. The molecule has 144 valence electrons. The number of anilines is 1. The van der Waals surface area contributed by atoms with E-state index in [0.29, 0.717) is 34.7 Å². The van der Waals surface area contributed by atoms with Crippen molar-refractivity contribution in [3.63, 3.8) is 0 Å². The van der Waals surface area contributed by atoms with Crippen LogP contribution in [0.2, 0.25) is 0 Å². The molecule has 7 heteroatoms. The van der Waals surface area contributed by atoms with Crippen LogP contribution in [-0.2, 0) is 4.79 Å². The maximum absolute atomic E-state index is 12.4. The van der Waals surface area contributed by atoms with Crippen LogP contribution in [0.5, 0.6) is 0 Å². The summed E-state index contributed by atoms with van der Waals surface area (Å²) in [4.78, 5) is 24.0. The van der Waals surface area contributed by atoms with Crippen LogP contribution in [0, 0.1) is 0 Å². The Hall–Kier alpha value is -2.15. The van der Waals surface area contributed by atoms with Gasteiger partial charge in [0.1, 0.15) is 0 Å². The molecule has 1 fully saturated rings. The maximum atomic E-state index is 12.4. The van der Waals surface area contributed by atoms with E-state index >= 15 is 0 Å². The lowest BCUT2D eigenvalue weighted by molar-refractivity contribution is -0.116. The molecule has 1 saturated carbocycles. The Morgan fingerprint density at radius 3 is 2.59 bits per heavy atom. The number of rotatable bonds is 8. The summed E-state index contributed by atoms with van der Waals surface area (Å²) in [5.74, 6) is 1.29. The molecular weight excluding hydrogens is 362 g/mol. The Morgan fingerprint density at radius 2 is 1.89 bits per heavy atom. The van der Waals surface area contributed by atoms with Crippen LogP contribution in [0.15, 0.2) is 33.9 Å². The van der Waals surface area contributed by atoms with E-state index in [4.69, 9.17) is 4.42 Å². The van der Waals surface area contributed by atoms with Crippen LogP contribution >= 0.6 is 11.8 Å². The van der Waals surface area contributed by atoms with Crippen LogP contribution in [-0.4, -0.2) is 27.6 Å². The zero-order chi connectivity index (χ0) is 19.1. The van der Waals surface area contributed by atoms with Gasteiger partial charge in [0.25, 0.3) is 5.22 Å². The van der Waals surface area contributed by atoms with Crippen molar-refractivity contribution >= 4 is 29.1 Å². The highest BCUT2D eigenvalue weighted by atomic mass is 32.2. The number of carbonyl (C=O) groups is 2. The number of thioether (sulfide) groups is 1. The number of nitrogens with one attached hydrogen (secondary N) is 1. The first-order chi connectivity index (χ1) is 13.2. The third-order valence-corrected chi connectivity index (χ3v) is 5.49. The largest absolute Gasteiger partial charge is 0.416 e. The lowest BCUT2D eigenvalue weighted by Crippen LogP contribution is -2.10. The van der Waals surface area contributed by atoms with Gasteiger partial charge in [-0.3, -0.25) is 9.59 Å². The van der Waals surface area contributed by atoms with Crippen LogP contribution in [0.1, 0.15) is 74.0 Å². The van der Waals surface area contributed by atoms with E-state index in [1.165, 1.54) is 31.0 Å². The zero-order valence-electron chi connectivity index (χ0n) is 15.6. The number of ketones is 1. The van der Waals surface area contributed by atoms with Gasteiger partial charge in [0, 0.05) is 23.6 Å². The van der Waals surface area contributed by atoms with Gasteiger partial charge in [-0.2, -0.15) is 0 Å². The molecule has 3 rings (SSSR count). The first-order valence-corrected chi connectivity index (χ1v) is 10.5. The summed E-state index contributed by atoms with van der Waals surface area (Å²) in [5.41, 5.74) is 1.30. The SMILES string of the molecule is CCCC(=O)Nc1ccc(C(=O)CSc2nnc(C3CCCCC3)o2)cc1. The molecule has 0 atom stereocenters. The van der Waals surface area contributed by atoms with E-state index < -0.39 is 0 Å². The quantitative estimate of drug-likeness (QED) is 0.516. The molecule has 6 nitrogen and oxygen atoms in total. The van der Waals surface area contributed by atoms with Gasteiger partial charge in [0.2, 0.25) is 11.8 Å². The summed E-state index contributed by atoms with van der Waals surface area (Å²) >= 11 is 1.27. The second-order valence-electron chi connectivity index (χ2n) is 6.83. The third kappa shape index (κ3) is 5.66. The second kappa shape index (κ2) is 9.69. The average molecular weight is 388 g/mol. The standard InChI is InChI=1S/C20H25N3O3S/c1-2-6-18(25)21-16-11-9-14(10-12-16)17(24)13-27-20-23-22-19(26-20)15-7-4-3-5-8-15/h9-12,15H,2-8,13H2,1H3,(H,21,25). The molecule has 2 aromatic rings. The Labute approximate surface area is 163 Å². The number of amides is 1. The molecule has 27 heavy (non-hydrogen) atoms. The Kier molecular flexibility index (Phi) is 7.04. The van der Waals surface area contributed by atoms with Crippen LogP contribution in [0.25, 0.3) is 0 Å². The first kappa shape index (κ1) is 19.6. The highest BCUT2D eigenvalue weighted by molar-refractivity contribution is 7.99. The summed E-state index contributed by atoms with van der Waals surface area (Å²) in [6, 6.07) is 6.95. The molecule has 0 radical (unpaired) electrons. The second-order valence-corrected chi connectivity index (χ2v) is 7.76. The van der Waals surface area contributed by atoms with E-state index in [0.717, 1.165) is 19.3 Å². The van der Waals surface area contributed by atoms with E-state index in [-0.39, 0.29) is 17.4 Å².